The largest absolute Gasteiger partial charge is 0.304 e. The number of nitro benzene ring substituents is 1. The van der Waals surface area contributed by atoms with Crippen LogP contribution < -0.4 is 5.32 Å². The van der Waals surface area contributed by atoms with Gasteiger partial charge in [0.25, 0.3) is 11.6 Å². The van der Waals surface area contributed by atoms with E-state index >= 15 is 0 Å². The lowest BCUT2D eigenvalue weighted by Gasteiger charge is -2.04. The number of amides is 1. The third-order valence-electron chi connectivity index (χ3n) is 3.61. The van der Waals surface area contributed by atoms with Crippen molar-refractivity contribution < 1.29 is 14.1 Å². The highest BCUT2D eigenvalue weighted by molar-refractivity contribution is 6.34. The summed E-state index contributed by atoms with van der Waals surface area (Å²) in [5, 5.41) is 17.7. The van der Waals surface area contributed by atoms with Crippen LogP contribution in [0.2, 0.25) is 10.0 Å². The van der Waals surface area contributed by atoms with Gasteiger partial charge in [0, 0.05) is 17.8 Å². The third kappa shape index (κ3) is 4.42. The Hall–Kier alpha value is -2.97. The number of nitro groups is 1. The first kappa shape index (κ1) is 18.8. The first-order valence-corrected chi connectivity index (χ1v) is 8.32. The van der Waals surface area contributed by atoms with Gasteiger partial charge in [0.2, 0.25) is 0 Å². The monoisotopic (exact) mass is 408 g/mol. The summed E-state index contributed by atoms with van der Waals surface area (Å²) in [4.78, 5) is 22.6. The molecule has 0 spiro atoms. The molecule has 10 heteroatoms. The number of anilines is 1. The van der Waals surface area contributed by atoms with Gasteiger partial charge in [-0.15, -0.1) is 0 Å². The zero-order chi connectivity index (χ0) is 19.6. The first-order chi connectivity index (χ1) is 12.8. The van der Waals surface area contributed by atoms with Crippen LogP contribution in [0.4, 0.5) is 15.9 Å². The fraction of sp³-hybridized carbons (Fsp3) is 0.0588. The average Bonchev–Trinajstić information content (AvgIpc) is 2.96. The molecule has 0 aliphatic heterocycles. The summed E-state index contributed by atoms with van der Waals surface area (Å²) >= 11 is 11.8. The van der Waals surface area contributed by atoms with E-state index in [1.54, 1.807) is 12.1 Å². The number of hydrogen-bond acceptors (Lipinski definition) is 4. The van der Waals surface area contributed by atoms with Gasteiger partial charge in [-0.3, -0.25) is 19.6 Å². The minimum atomic E-state index is -0.677. The number of nitrogens with one attached hydrogen (secondary N) is 1. The Morgan fingerprint density at radius 3 is 2.56 bits per heavy atom. The Balaban J connectivity index is 1.77. The average molecular weight is 409 g/mol. The van der Waals surface area contributed by atoms with Crippen LogP contribution in [-0.4, -0.2) is 20.6 Å². The molecule has 0 radical (unpaired) electrons. The SMILES string of the molecule is O=C(Nc1nn(Cc2ccc(F)cc2)cc1Cl)c1ccc(Cl)c([N+](=O)[O-])c1. The quantitative estimate of drug-likeness (QED) is 0.495. The van der Waals surface area contributed by atoms with E-state index < -0.39 is 10.8 Å². The van der Waals surface area contributed by atoms with E-state index in [1.807, 2.05) is 0 Å². The fourth-order valence-corrected chi connectivity index (χ4v) is 2.70. The molecular formula is C17H11Cl2FN4O3. The summed E-state index contributed by atoms with van der Waals surface area (Å²) in [5.74, 6) is -0.868. The van der Waals surface area contributed by atoms with E-state index in [9.17, 15) is 19.3 Å². The summed E-state index contributed by atoms with van der Waals surface area (Å²) in [6, 6.07) is 9.57. The van der Waals surface area contributed by atoms with Crippen molar-refractivity contribution in [1.82, 2.24) is 9.78 Å². The van der Waals surface area contributed by atoms with Crippen LogP contribution in [0.15, 0.2) is 48.7 Å². The van der Waals surface area contributed by atoms with Crippen LogP contribution in [0.1, 0.15) is 15.9 Å². The predicted octanol–water partition coefficient (Wildman–Crippen LogP) is 4.54. The number of rotatable bonds is 5. The van der Waals surface area contributed by atoms with Crippen molar-refractivity contribution in [3.63, 3.8) is 0 Å². The number of carbonyl (C=O) groups excluding carboxylic acids is 1. The third-order valence-corrected chi connectivity index (χ3v) is 4.21. The molecule has 0 bridgehead atoms. The van der Waals surface area contributed by atoms with E-state index in [-0.39, 0.29) is 32.9 Å². The van der Waals surface area contributed by atoms with Crippen molar-refractivity contribution in [3.05, 3.63) is 85.8 Å². The van der Waals surface area contributed by atoms with Crippen LogP contribution in [0.5, 0.6) is 0 Å². The van der Waals surface area contributed by atoms with Crippen molar-refractivity contribution in [1.29, 1.82) is 0 Å². The maximum atomic E-state index is 13.0. The summed E-state index contributed by atoms with van der Waals surface area (Å²) in [5.41, 5.74) is 0.453. The number of carbonyl (C=O) groups is 1. The maximum absolute atomic E-state index is 13.0. The predicted molar refractivity (Wildman–Crippen MR) is 98.8 cm³/mol. The molecule has 0 saturated heterocycles. The number of hydrogen-bond donors (Lipinski definition) is 1. The second-order valence-corrected chi connectivity index (χ2v) is 6.34. The second kappa shape index (κ2) is 7.73. The van der Waals surface area contributed by atoms with Gasteiger partial charge in [-0.25, -0.2) is 4.39 Å². The molecule has 0 atom stereocenters. The van der Waals surface area contributed by atoms with E-state index in [0.717, 1.165) is 11.6 Å². The second-order valence-electron chi connectivity index (χ2n) is 5.53. The van der Waals surface area contributed by atoms with E-state index in [4.69, 9.17) is 23.2 Å². The molecule has 0 aliphatic rings. The normalized spacial score (nSPS) is 10.6. The highest BCUT2D eigenvalue weighted by Crippen LogP contribution is 2.26. The first-order valence-electron chi connectivity index (χ1n) is 7.56. The van der Waals surface area contributed by atoms with Gasteiger partial charge in [-0.1, -0.05) is 35.3 Å². The van der Waals surface area contributed by atoms with Crippen molar-refractivity contribution in [2.24, 2.45) is 0 Å². The minimum Gasteiger partial charge on any atom is -0.304 e. The van der Waals surface area contributed by atoms with Gasteiger partial charge in [-0.2, -0.15) is 5.10 Å². The lowest BCUT2D eigenvalue weighted by molar-refractivity contribution is -0.384. The Morgan fingerprint density at radius 2 is 1.89 bits per heavy atom. The Kier molecular flexibility index (Phi) is 5.38. The molecule has 1 heterocycles. The van der Waals surface area contributed by atoms with E-state index in [1.165, 1.54) is 35.1 Å². The van der Waals surface area contributed by atoms with E-state index in [2.05, 4.69) is 10.4 Å². The molecule has 0 aliphatic carbocycles. The highest BCUT2D eigenvalue weighted by atomic mass is 35.5. The number of nitrogens with zero attached hydrogens (tertiary/aromatic N) is 3. The van der Waals surface area contributed by atoms with Crippen LogP contribution >= 0.6 is 23.2 Å². The molecule has 27 heavy (non-hydrogen) atoms. The van der Waals surface area contributed by atoms with Crippen molar-refractivity contribution in [2.75, 3.05) is 5.32 Å². The molecule has 0 saturated carbocycles. The Bertz CT molecular complexity index is 1020. The van der Waals surface area contributed by atoms with Gasteiger partial charge < -0.3 is 5.32 Å². The van der Waals surface area contributed by atoms with Crippen molar-refractivity contribution in [2.45, 2.75) is 6.54 Å². The molecule has 3 aromatic rings. The number of benzene rings is 2. The van der Waals surface area contributed by atoms with Gasteiger partial charge in [0.1, 0.15) is 15.9 Å². The Labute approximate surface area is 162 Å². The van der Waals surface area contributed by atoms with Gasteiger partial charge >= 0.3 is 0 Å². The summed E-state index contributed by atoms with van der Waals surface area (Å²) in [6.45, 7) is 0.322. The molecule has 0 fully saturated rings. The van der Waals surface area contributed by atoms with Crippen LogP contribution in [0.3, 0.4) is 0 Å². The lowest BCUT2D eigenvalue weighted by Crippen LogP contribution is -2.13. The van der Waals surface area contributed by atoms with Crippen molar-refractivity contribution in [3.8, 4) is 0 Å². The van der Waals surface area contributed by atoms with Crippen LogP contribution in [0.25, 0.3) is 0 Å². The summed E-state index contributed by atoms with van der Waals surface area (Å²) in [7, 11) is 0. The van der Waals surface area contributed by atoms with Gasteiger partial charge in [-0.05, 0) is 29.8 Å². The van der Waals surface area contributed by atoms with Crippen LogP contribution in [-0.2, 0) is 6.54 Å². The highest BCUT2D eigenvalue weighted by Gasteiger charge is 2.18. The van der Waals surface area contributed by atoms with Gasteiger partial charge in [0.05, 0.1) is 11.5 Å². The molecule has 1 aromatic heterocycles. The lowest BCUT2D eigenvalue weighted by atomic mass is 10.2. The number of aromatic nitrogens is 2. The molecule has 1 amide bonds. The molecule has 7 nitrogen and oxygen atoms in total. The molecule has 2 aromatic carbocycles. The van der Waals surface area contributed by atoms with E-state index in [0.29, 0.717) is 6.54 Å². The molecule has 0 unspecified atom stereocenters. The topological polar surface area (TPSA) is 90.1 Å². The Morgan fingerprint density at radius 1 is 1.19 bits per heavy atom. The zero-order valence-corrected chi connectivity index (χ0v) is 15.0. The smallest absolute Gasteiger partial charge is 0.288 e. The van der Waals surface area contributed by atoms with Crippen LogP contribution in [0, 0.1) is 15.9 Å². The van der Waals surface area contributed by atoms with Gasteiger partial charge in [0.15, 0.2) is 5.82 Å². The standard InChI is InChI=1S/C17H11Cl2FN4O3/c18-13-6-3-11(7-15(13)24(26)27)17(25)21-16-14(19)9-23(22-16)8-10-1-4-12(20)5-2-10/h1-7,9H,8H2,(H,21,22,25). The zero-order valence-electron chi connectivity index (χ0n) is 13.5. The molecular weight excluding hydrogens is 398 g/mol. The minimum absolute atomic E-state index is 0.0373. The molecule has 3 rings (SSSR count). The van der Waals surface area contributed by atoms with Crippen molar-refractivity contribution >= 4 is 40.6 Å². The fourth-order valence-electron chi connectivity index (χ4n) is 2.31. The maximum Gasteiger partial charge on any atom is 0.288 e. The molecule has 138 valence electrons. The summed E-state index contributed by atoms with van der Waals surface area (Å²) < 4.78 is 14.4. The summed E-state index contributed by atoms with van der Waals surface area (Å²) in [6.07, 6.45) is 1.50. The number of halogens is 3. The molecule has 1 N–H and O–H groups in total.